The number of methoxy groups -OCH3 is 1. The molecule has 0 atom stereocenters. The molecule has 2 rings (SSSR count). The lowest BCUT2D eigenvalue weighted by atomic mass is 10.1. The molecule has 0 saturated heterocycles. The second kappa shape index (κ2) is 8.11. The second-order valence-electron chi connectivity index (χ2n) is 5.54. The average molecular weight is 371 g/mol. The first-order valence-electron chi connectivity index (χ1n) is 8.07. The molecule has 1 heterocycles. The van der Waals surface area contributed by atoms with Gasteiger partial charge in [0.2, 0.25) is 0 Å². The molecule has 0 spiro atoms. The first-order valence-corrected chi connectivity index (χ1v) is 8.07. The van der Waals surface area contributed by atoms with E-state index in [-0.39, 0.29) is 23.2 Å². The van der Waals surface area contributed by atoms with Crippen LogP contribution in [0.3, 0.4) is 0 Å². The zero-order chi connectivity index (χ0) is 19.3. The maximum Gasteiger partial charge on any atom is 0.573 e. The van der Waals surface area contributed by atoms with Gasteiger partial charge >= 0.3 is 6.36 Å². The molecule has 0 saturated carbocycles. The summed E-state index contributed by atoms with van der Waals surface area (Å²) in [4.78, 5) is 19.1. The number of H-pyrrole nitrogens is 1. The minimum Gasteiger partial charge on any atom is -0.496 e. The molecule has 0 amide bonds. The van der Waals surface area contributed by atoms with E-state index in [2.05, 4.69) is 20.0 Å². The molecular weight excluding hydrogens is 351 g/mol. The van der Waals surface area contributed by atoms with Crippen molar-refractivity contribution in [1.29, 1.82) is 0 Å². The van der Waals surface area contributed by atoms with Gasteiger partial charge in [0, 0.05) is 12.1 Å². The summed E-state index contributed by atoms with van der Waals surface area (Å²) in [5.41, 5.74) is 0.297. The number of halogens is 3. The summed E-state index contributed by atoms with van der Waals surface area (Å²) in [5, 5.41) is 3.11. The standard InChI is InChI=1S/C17H20F3N3O3/c1-4-10(5-2)22-13-9-21-15(23-16(13)24)12-7-6-11(8-14(12)25-3)26-17(18,19)20/h6-10,22H,4-5H2,1-3H3,(H,21,23,24). The molecule has 26 heavy (non-hydrogen) atoms. The van der Waals surface area contributed by atoms with Gasteiger partial charge in [0.15, 0.2) is 0 Å². The maximum absolute atomic E-state index is 12.3. The molecule has 0 unspecified atom stereocenters. The van der Waals surface area contributed by atoms with Crippen molar-refractivity contribution in [3.63, 3.8) is 0 Å². The van der Waals surface area contributed by atoms with Crippen LogP contribution in [0, 0.1) is 0 Å². The highest BCUT2D eigenvalue weighted by molar-refractivity contribution is 5.66. The fourth-order valence-corrected chi connectivity index (χ4v) is 2.41. The topological polar surface area (TPSA) is 76.2 Å². The number of aromatic amines is 1. The lowest BCUT2D eigenvalue weighted by Gasteiger charge is -2.16. The highest BCUT2D eigenvalue weighted by atomic mass is 19.4. The fraction of sp³-hybridized carbons (Fsp3) is 0.412. The van der Waals surface area contributed by atoms with Crippen LogP contribution in [0.1, 0.15) is 26.7 Å². The summed E-state index contributed by atoms with van der Waals surface area (Å²) in [6.45, 7) is 4.01. The number of benzene rings is 1. The summed E-state index contributed by atoms with van der Waals surface area (Å²) in [7, 11) is 1.30. The number of nitrogens with one attached hydrogen (secondary N) is 2. The van der Waals surface area contributed by atoms with Crippen molar-refractivity contribution < 1.29 is 22.6 Å². The Morgan fingerprint density at radius 3 is 2.50 bits per heavy atom. The molecular formula is C17H20F3N3O3. The van der Waals surface area contributed by atoms with Crippen molar-refractivity contribution in [3.05, 3.63) is 34.7 Å². The van der Waals surface area contributed by atoms with Gasteiger partial charge in [0.05, 0.1) is 18.9 Å². The van der Waals surface area contributed by atoms with Crippen LogP contribution in [-0.4, -0.2) is 29.5 Å². The smallest absolute Gasteiger partial charge is 0.496 e. The van der Waals surface area contributed by atoms with Gasteiger partial charge in [0.25, 0.3) is 5.56 Å². The van der Waals surface area contributed by atoms with Gasteiger partial charge in [-0.25, -0.2) is 4.98 Å². The van der Waals surface area contributed by atoms with Gasteiger partial charge in [-0.05, 0) is 25.0 Å². The number of rotatable bonds is 7. The quantitative estimate of drug-likeness (QED) is 0.771. The second-order valence-corrected chi connectivity index (χ2v) is 5.54. The van der Waals surface area contributed by atoms with Crippen LogP contribution in [-0.2, 0) is 0 Å². The summed E-state index contributed by atoms with van der Waals surface area (Å²) in [6.07, 6.45) is -1.70. The fourth-order valence-electron chi connectivity index (χ4n) is 2.41. The normalized spacial score (nSPS) is 11.5. The molecule has 9 heteroatoms. The maximum atomic E-state index is 12.3. The molecule has 0 aliphatic rings. The third kappa shape index (κ3) is 4.90. The van der Waals surface area contributed by atoms with Crippen LogP contribution in [0.15, 0.2) is 29.2 Å². The number of hydrogen-bond acceptors (Lipinski definition) is 5. The monoisotopic (exact) mass is 371 g/mol. The Hall–Kier alpha value is -2.71. The number of ether oxygens (including phenoxy) is 2. The molecule has 1 aromatic carbocycles. The molecule has 2 aromatic rings. The Balaban J connectivity index is 2.33. The van der Waals surface area contributed by atoms with Gasteiger partial charge in [0.1, 0.15) is 23.0 Å². The van der Waals surface area contributed by atoms with Crippen molar-refractivity contribution in [2.75, 3.05) is 12.4 Å². The summed E-state index contributed by atoms with van der Waals surface area (Å²) in [6, 6.07) is 3.70. The highest BCUT2D eigenvalue weighted by Crippen LogP contribution is 2.33. The Labute approximate surface area is 148 Å². The summed E-state index contributed by atoms with van der Waals surface area (Å²) in [5.74, 6) is -0.149. The molecule has 0 fully saturated rings. The van der Waals surface area contributed by atoms with Gasteiger partial charge in [-0.1, -0.05) is 13.8 Å². The molecule has 0 bridgehead atoms. The number of aromatic nitrogens is 2. The van der Waals surface area contributed by atoms with E-state index in [0.717, 1.165) is 25.0 Å². The van der Waals surface area contributed by atoms with Crippen LogP contribution in [0.2, 0.25) is 0 Å². The zero-order valence-electron chi connectivity index (χ0n) is 14.6. The van der Waals surface area contributed by atoms with E-state index < -0.39 is 12.1 Å². The largest absolute Gasteiger partial charge is 0.573 e. The molecule has 0 aliphatic carbocycles. The third-order valence-electron chi connectivity index (χ3n) is 3.81. The van der Waals surface area contributed by atoms with E-state index in [0.29, 0.717) is 11.3 Å². The first kappa shape index (κ1) is 19.6. The summed E-state index contributed by atoms with van der Waals surface area (Å²) >= 11 is 0. The van der Waals surface area contributed by atoms with Crippen molar-refractivity contribution in [1.82, 2.24) is 9.97 Å². The SMILES string of the molecule is CCC(CC)Nc1cnc(-c2ccc(OC(F)(F)F)cc2OC)[nH]c1=O. The molecule has 1 aromatic heterocycles. The van der Waals surface area contributed by atoms with E-state index in [9.17, 15) is 18.0 Å². The van der Waals surface area contributed by atoms with Crippen LogP contribution in [0.5, 0.6) is 11.5 Å². The van der Waals surface area contributed by atoms with Crippen LogP contribution >= 0.6 is 0 Å². The Bertz CT molecular complexity index is 802. The van der Waals surface area contributed by atoms with E-state index in [1.165, 1.54) is 19.4 Å². The minimum absolute atomic E-state index is 0.0932. The van der Waals surface area contributed by atoms with E-state index in [1.54, 1.807) is 0 Å². The number of anilines is 1. The van der Waals surface area contributed by atoms with Crippen molar-refractivity contribution in [2.24, 2.45) is 0 Å². The van der Waals surface area contributed by atoms with E-state index in [4.69, 9.17) is 4.74 Å². The molecule has 6 nitrogen and oxygen atoms in total. The van der Waals surface area contributed by atoms with E-state index in [1.807, 2.05) is 13.8 Å². The number of hydrogen-bond donors (Lipinski definition) is 2. The predicted octanol–water partition coefficient (Wildman–Crippen LogP) is 3.94. The first-order chi connectivity index (χ1) is 12.3. The van der Waals surface area contributed by atoms with Crippen LogP contribution in [0.4, 0.5) is 18.9 Å². The molecule has 0 aliphatic heterocycles. The Kier molecular flexibility index (Phi) is 6.12. The van der Waals surface area contributed by atoms with Gasteiger partial charge in [-0.15, -0.1) is 13.2 Å². The third-order valence-corrected chi connectivity index (χ3v) is 3.81. The highest BCUT2D eigenvalue weighted by Gasteiger charge is 2.31. The van der Waals surface area contributed by atoms with E-state index >= 15 is 0 Å². The molecule has 2 N–H and O–H groups in total. The Morgan fingerprint density at radius 1 is 1.27 bits per heavy atom. The lowest BCUT2D eigenvalue weighted by Crippen LogP contribution is -2.23. The van der Waals surface area contributed by atoms with Gasteiger partial charge in [-0.3, -0.25) is 4.79 Å². The van der Waals surface area contributed by atoms with Gasteiger partial charge < -0.3 is 19.8 Å². The molecule has 142 valence electrons. The van der Waals surface area contributed by atoms with Crippen LogP contribution in [0.25, 0.3) is 11.4 Å². The molecule has 0 radical (unpaired) electrons. The minimum atomic E-state index is -4.80. The van der Waals surface area contributed by atoms with Crippen LogP contribution < -0.4 is 20.3 Å². The summed E-state index contributed by atoms with van der Waals surface area (Å²) < 4.78 is 46.0. The number of nitrogens with zero attached hydrogens (tertiary/aromatic N) is 1. The van der Waals surface area contributed by atoms with Crippen molar-refractivity contribution >= 4 is 5.69 Å². The Morgan fingerprint density at radius 2 is 1.96 bits per heavy atom. The van der Waals surface area contributed by atoms with Gasteiger partial charge in [-0.2, -0.15) is 0 Å². The number of alkyl halides is 3. The average Bonchev–Trinajstić information content (AvgIpc) is 2.59. The van der Waals surface area contributed by atoms with Crippen molar-refractivity contribution in [3.8, 4) is 22.9 Å². The van der Waals surface area contributed by atoms with Crippen molar-refractivity contribution in [2.45, 2.75) is 39.1 Å². The zero-order valence-corrected chi connectivity index (χ0v) is 14.6. The predicted molar refractivity (Wildman–Crippen MR) is 91.5 cm³/mol. The lowest BCUT2D eigenvalue weighted by molar-refractivity contribution is -0.274.